The summed E-state index contributed by atoms with van der Waals surface area (Å²) in [5.41, 5.74) is 3.21. The molecular formula is C17H17N3O. The summed E-state index contributed by atoms with van der Waals surface area (Å²) in [6.45, 7) is 3.36. The molecule has 0 aliphatic heterocycles. The summed E-state index contributed by atoms with van der Waals surface area (Å²) in [7, 11) is 2.02. The van der Waals surface area contributed by atoms with Crippen LogP contribution in [0.1, 0.15) is 19.4 Å². The fraction of sp³-hybridized carbons (Fsp3) is 0.235. The summed E-state index contributed by atoms with van der Waals surface area (Å²) in [6.07, 6.45) is 5.77. The quantitative estimate of drug-likeness (QED) is 0.673. The molecule has 0 amide bonds. The Morgan fingerprint density at radius 1 is 1.33 bits per heavy atom. The van der Waals surface area contributed by atoms with Crippen LogP contribution in [-0.2, 0) is 7.05 Å². The molecular weight excluding hydrogens is 262 g/mol. The Balaban J connectivity index is 2.16. The second-order valence-electron chi connectivity index (χ2n) is 5.68. The molecule has 0 aliphatic carbocycles. The number of fused-ring (bicyclic) bond motifs is 1. The van der Waals surface area contributed by atoms with Crippen LogP contribution in [0.25, 0.3) is 22.0 Å². The zero-order chi connectivity index (χ0) is 15.0. The van der Waals surface area contributed by atoms with E-state index in [9.17, 15) is 5.11 Å². The lowest BCUT2D eigenvalue weighted by atomic mass is 10.0. The van der Waals surface area contributed by atoms with E-state index < -0.39 is 5.60 Å². The molecule has 3 rings (SSSR count). The summed E-state index contributed by atoms with van der Waals surface area (Å²) in [5, 5.41) is 17.7. The summed E-state index contributed by atoms with van der Waals surface area (Å²) in [5.74, 6) is 5.87. The van der Waals surface area contributed by atoms with Gasteiger partial charge in [-0.05, 0) is 32.0 Å². The Hall–Kier alpha value is -2.51. The van der Waals surface area contributed by atoms with Gasteiger partial charge in [-0.3, -0.25) is 5.10 Å². The number of aliphatic hydroxyl groups is 1. The van der Waals surface area contributed by atoms with Crippen LogP contribution in [0.5, 0.6) is 0 Å². The highest BCUT2D eigenvalue weighted by Gasteiger charge is 2.10. The molecule has 0 atom stereocenters. The first-order valence-corrected chi connectivity index (χ1v) is 6.78. The van der Waals surface area contributed by atoms with Gasteiger partial charge in [-0.15, -0.1) is 0 Å². The molecule has 0 spiro atoms. The SMILES string of the molecule is Cn1cc(-c2cn[nH]c2)c2cc(C#CC(C)(C)O)ccc21. The monoisotopic (exact) mass is 279 g/mol. The standard InChI is InChI=1S/C17H17N3O/c1-17(2,21)7-6-12-4-5-16-14(8-12)15(11-20(16)3)13-9-18-19-10-13/h4-5,8-11,21H,1-3H3,(H,18,19). The van der Waals surface area contributed by atoms with Crippen molar-refractivity contribution in [1.29, 1.82) is 0 Å². The van der Waals surface area contributed by atoms with Crippen LogP contribution in [0.15, 0.2) is 36.8 Å². The van der Waals surface area contributed by atoms with E-state index in [0.717, 1.165) is 27.6 Å². The number of rotatable bonds is 1. The third-order valence-corrected chi connectivity index (χ3v) is 3.31. The number of aromatic nitrogens is 3. The number of H-pyrrole nitrogens is 1. The Morgan fingerprint density at radius 3 is 2.81 bits per heavy atom. The van der Waals surface area contributed by atoms with Crippen molar-refractivity contribution >= 4 is 10.9 Å². The number of benzene rings is 1. The van der Waals surface area contributed by atoms with E-state index in [1.54, 1.807) is 13.8 Å². The van der Waals surface area contributed by atoms with E-state index >= 15 is 0 Å². The Labute approximate surface area is 123 Å². The van der Waals surface area contributed by atoms with E-state index in [1.165, 1.54) is 0 Å². The van der Waals surface area contributed by atoms with Gasteiger partial charge in [0, 0.05) is 47.0 Å². The average Bonchev–Trinajstić information content (AvgIpc) is 3.04. The van der Waals surface area contributed by atoms with Gasteiger partial charge < -0.3 is 9.67 Å². The van der Waals surface area contributed by atoms with Gasteiger partial charge in [-0.2, -0.15) is 5.10 Å². The van der Waals surface area contributed by atoms with E-state index in [-0.39, 0.29) is 0 Å². The molecule has 0 unspecified atom stereocenters. The Morgan fingerprint density at radius 2 is 2.14 bits per heavy atom. The second kappa shape index (κ2) is 4.80. The highest BCUT2D eigenvalue weighted by Crippen LogP contribution is 2.30. The average molecular weight is 279 g/mol. The van der Waals surface area contributed by atoms with Crippen molar-refractivity contribution in [2.75, 3.05) is 0 Å². The van der Waals surface area contributed by atoms with Gasteiger partial charge in [-0.25, -0.2) is 0 Å². The van der Waals surface area contributed by atoms with Crippen LogP contribution in [0, 0.1) is 11.8 Å². The number of hydrogen-bond acceptors (Lipinski definition) is 2. The van der Waals surface area contributed by atoms with Crippen LogP contribution in [0.3, 0.4) is 0 Å². The first-order valence-electron chi connectivity index (χ1n) is 6.78. The zero-order valence-corrected chi connectivity index (χ0v) is 12.3. The van der Waals surface area contributed by atoms with Gasteiger partial charge in [0.15, 0.2) is 0 Å². The van der Waals surface area contributed by atoms with Crippen molar-refractivity contribution < 1.29 is 5.11 Å². The van der Waals surface area contributed by atoms with Crippen molar-refractivity contribution in [2.45, 2.75) is 19.4 Å². The Kier molecular flexibility index (Phi) is 3.08. The molecule has 21 heavy (non-hydrogen) atoms. The van der Waals surface area contributed by atoms with Crippen molar-refractivity contribution in [1.82, 2.24) is 14.8 Å². The minimum Gasteiger partial charge on any atom is -0.378 e. The Bertz CT molecular complexity index is 840. The minimum atomic E-state index is -0.987. The van der Waals surface area contributed by atoms with Crippen molar-refractivity contribution in [2.24, 2.45) is 7.05 Å². The molecule has 4 heteroatoms. The zero-order valence-electron chi connectivity index (χ0n) is 12.3. The molecule has 0 bridgehead atoms. The molecule has 0 fully saturated rings. The van der Waals surface area contributed by atoms with Crippen LogP contribution in [0.4, 0.5) is 0 Å². The van der Waals surface area contributed by atoms with E-state index in [1.807, 2.05) is 31.6 Å². The summed E-state index contributed by atoms with van der Waals surface area (Å²) >= 11 is 0. The summed E-state index contributed by atoms with van der Waals surface area (Å²) in [6, 6.07) is 6.07. The smallest absolute Gasteiger partial charge is 0.120 e. The number of hydrogen-bond donors (Lipinski definition) is 2. The van der Waals surface area contributed by atoms with Crippen LogP contribution in [0.2, 0.25) is 0 Å². The predicted molar refractivity (Wildman–Crippen MR) is 83.7 cm³/mol. The molecule has 4 nitrogen and oxygen atoms in total. The van der Waals surface area contributed by atoms with Gasteiger partial charge in [0.05, 0.1) is 6.20 Å². The molecule has 2 heterocycles. The first-order chi connectivity index (χ1) is 9.94. The van der Waals surface area contributed by atoms with Gasteiger partial charge >= 0.3 is 0 Å². The fourth-order valence-electron chi connectivity index (χ4n) is 2.32. The minimum absolute atomic E-state index is 0.889. The van der Waals surface area contributed by atoms with Crippen LogP contribution >= 0.6 is 0 Å². The fourth-order valence-corrected chi connectivity index (χ4v) is 2.32. The van der Waals surface area contributed by atoms with E-state index in [0.29, 0.717) is 0 Å². The van der Waals surface area contributed by atoms with Crippen molar-refractivity contribution in [3.63, 3.8) is 0 Å². The number of aromatic amines is 1. The third-order valence-electron chi connectivity index (χ3n) is 3.31. The normalized spacial score (nSPS) is 11.4. The summed E-state index contributed by atoms with van der Waals surface area (Å²) < 4.78 is 2.09. The van der Waals surface area contributed by atoms with E-state index in [4.69, 9.17) is 0 Å². The van der Waals surface area contributed by atoms with Gasteiger partial charge in [0.25, 0.3) is 0 Å². The number of nitrogens with one attached hydrogen (secondary N) is 1. The van der Waals surface area contributed by atoms with Gasteiger partial charge in [-0.1, -0.05) is 11.8 Å². The topological polar surface area (TPSA) is 53.8 Å². The lowest BCUT2D eigenvalue weighted by Crippen LogP contribution is -2.14. The molecule has 0 radical (unpaired) electrons. The molecule has 2 aromatic heterocycles. The molecule has 0 saturated carbocycles. The molecule has 0 aliphatic rings. The molecule has 1 aromatic carbocycles. The second-order valence-corrected chi connectivity index (χ2v) is 5.68. The lowest BCUT2D eigenvalue weighted by molar-refractivity contribution is 0.143. The van der Waals surface area contributed by atoms with Gasteiger partial charge in [0.1, 0.15) is 5.60 Å². The van der Waals surface area contributed by atoms with Crippen molar-refractivity contribution in [3.8, 4) is 23.0 Å². The number of aryl methyl sites for hydroxylation is 1. The number of nitrogens with zero attached hydrogens (tertiary/aromatic N) is 2. The largest absolute Gasteiger partial charge is 0.378 e. The highest BCUT2D eigenvalue weighted by molar-refractivity contribution is 5.96. The lowest BCUT2D eigenvalue weighted by Gasteiger charge is -2.06. The van der Waals surface area contributed by atoms with Crippen LogP contribution < -0.4 is 0 Å². The summed E-state index contributed by atoms with van der Waals surface area (Å²) in [4.78, 5) is 0. The first kappa shape index (κ1) is 13.5. The van der Waals surface area contributed by atoms with E-state index in [2.05, 4.69) is 38.9 Å². The predicted octanol–water partition coefficient (Wildman–Crippen LogP) is 2.69. The van der Waals surface area contributed by atoms with Crippen molar-refractivity contribution in [3.05, 3.63) is 42.4 Å². The maximum Gasteiger partial charge on any atom is 0.120 e. The maximum absolute atomic E-state index is 9.71. The maximum atomic E-state index is 9.71. The molecule has 106 valence electrons. The third kappa shape index (κ3) is 2.69. The molecule has 2 N–H and O–H groups in total. The van der Waals surface area contributed by atoms with Gasteiger partial charge in [0.2, 0.25) is 0 Å². The molecule has 0 saturated heterocycles. The molecule has 3 aromatic rings. The van der Waals surface area contributed by atoms with Crippen LogP contribution in [-0.4, -0.2) is 25.5 Å². The highest BCUT2D eigenvalue weighted by atomic mass is 16.3.